The molecule has 1 aliphatic heterocycles. The maximum Gasteiger partial charge on any atom is 0.416 e. The van der Waals surface area contributed by atoms with Gasteiger partial charge in [-0.25, -0.2) is 5.43 Å². The number of anilines is 2. The van der Waals surface area contributed by atoms with Gasteiger partial charge in [0.05, 0.1) is 36.4 Å². The second kappa shape index (κ2) is 14.0. The molecule has 5 N–H and O–H groups in total. The minimum absolute atomic E-state index is 0.0539. The van der Waals surface area contributed by atoms with Gasteiger partial charge < -0.3 is 21.1 Å². The topological polar surface area (TPSA) is 113 Å². The van der Waals surface area contributed by atoms with Crippen molar-refractivity contribution >= 4 is 23.0 Å². The quantitative estimate of drug-likeness (QED) is 0.195. The first-order valence-corrected chi connectivity index (χ1v) is 14.0. The molecule has 3 aromatic rings. The molecule has 1 saturated heterocycles. The number of morpholine rings is 1. The van der Waals surface area contributed by atoms with E-state index in [1.54, 1.807) is 47.3 Å². The Kier molecular flexibility index (Phi) is 10.5. The van der Waals surface area contributed by atoms with Crippen LogP contribution in [0.3, 0.4) is 0 Å². The number of nitrogens with two attached hydrogens (primary N) is 1. The van der Waals surface area contributed by atoms with Crippen LogP contribution in [0.25, 0.3) is 5.70 Å². The maximum absolute atomic E-state index is 14.0. The second-order valence-electron chi connectivity index (χ2n) is 10.4. The van der Waals surface area contributed by atoms with E-state index in [2.05, 4.69) is 26.1 Å². The number of aromatic nitrogens is 2. The lowest BCUT2D eigenvalue weighted by molar-refractivity contribution is -0.138. The Morgan fingerprint density at radius 1 is 1.16 bits per heavy atom. The van der Waals surface area contributed by atoms with E-state index < -0.39 is 17.6 Å². The van der Waals surface area contributed by atoms with Crippen molar-refractivity contribution in [3.63, 3.8) is 0 Å². The van der Waals surface area contributed by atoms with E-state index in [4.69, 9.17) is 10.5 Å². The number of ether oxygens (including phenoxy) is 1. The molecule has 1 aliphatic rings. The van der Waals surface area contributed by atoms with E-state index in [1.165, 1.54) is 12.1 Å². The maximum atomic E-state index is 14.0. The van der Waals surface area contributed by atoms with Crippen LogP contribution in [-0.4, -0.2) is 67.0 Å². The normalized spacial score (nSPS) is 14.6. The first kappa shape index (κ1) is 32.0. The van der Waals surface area contributed by atoms with E-state index in [1.807, 2.05) is 20.9 Å². The van der Waals surface area contributed by atoms with Gasteiger partial charge in [0.25, 0.3) is 5.91 Å². The summed E-state index contributed by atoms with van der Waals surface area (Å²) >= 11 is 0. The number of hydrazine groups is 1. The number of halogens is 3. The zero-order valence-electron chi connectivity index (χ0n) is 24.9. The van der Waals surface area contributed by atoms with E-state index in [0.717, 1.165) is 42.5 Å². The lowest BCUT2D eigenvalue weighted by atomic mass is 10.0. The third-order valence-corrected chi connectivity index (χ3v) is 7.48. The molecule has 0 atom stereocenters. The van der Waals surface area contributed by atoms with Gasteiger partial charge in [-0.15, -0.1) is 0 Å². The highest BCUT2D eigenvalue weighted by atomic mass is 19.4. The molecule has 2 heterocycles. The molecule has 10 nitrogen and oxygen atoms in total. The van der Waals surface area contributed by atoms with Gasteiger partial charge in [0.1, 0.15) is 0 Å². The van der Waals surface area contributed by atoms with Crippen molar-refractivity contribution < 1.29 is 22.7 Å². The van der Waals surface area contributed by atoms with Gasteiger partial charge in [-0.3, -0.25) is 19.4 Å². The Hall–Kier alpha value is -3.91. The first-order chi connectivity index (χ1) is 20.5. The number of nitrogens with one attached hydrogen (secondary N) is 3. The lowest BCUT2D eigenvalue weighted by Gasteiger charge is -2.26. The summed E-state index contributed by atoms with van der Waals surface area (Å²) in [5, 5.41) is 11.6. The van der Waals surface area contributed by atoms with Crippen molar-refractivity contribution in [2.75, 3.05) is 56.8 Å². The zero-order chi connectivity index (χ0) is 31.1. The number of carbonyl (C=O) groups is 1. The summed E-state index contributed by atoms with van der Waals surface area (Å²) in [6.45, 7) is 8.09. The third-order valence-electron chi connectivity index (χ3n) is 7.48. The number of hydrogen-bond donors (Lipinski definition) is 4. The lowest BCUT2D eigenvalue weighted by Crippen LogP contribution is -2.40. The van der Waals surface area contributed by atoms with E-state index in [9.17, 15) is 18.0 Å². The molecule has 1 aromatic heterocycles. The molecular weight excluding hydrogens is 561 g/mol. The molecule has 1 amide bonds. The van der Waals surface area contributed by atoms with Crippen molar-refractivity contribution in [1.29, 1.82) is 0 Å². The Balaban J connectivity index is 1.47. The average molecular weight is 601 g/mol. The van der Waals surface area contributed by atoms with Crippen LogP contribution >= 0.6 is 0 Å². The molecule has 43 heavy (non-hydrogen) atoms. The number of alkyl halides is 3. The fourth-order valence-electron chi connectivity index (χ4n) is 4.82. The van der Waals surface area contributed by atoms with Crippen LogP contribution < -0.4 is 26.8 Å². The van der Waals surface area contributed by atoms with E-state index in [-0.39, 0.29) is 23.4 Å². The Morgan fingerprint density at radius 3 is 2.56 bits per heavy atom. The molecule has 0 unspecified atom stereocenters. The number of carbonyl (C=O) groups excluding carboxylic acids is 1. The molecule has 2 aromatic carbocycles. The second-order valence-corrected chi connectivity index (χ2v) is 10.4. The summed E-state index contributed by atoms with van der Waals surface area (Å²) in [5.74, 6) is -0.540. The van der Waals surface area contributed by atoms with Gasteiger partial charge >= 0.3 is 6.18 Å². The summed E-state index contributed by atoms with van der Waals surface area (Å²) in [4.78, 5) is 15.4. The Labute approximate surface area is 249 Å². The molecule has 1 fully saturated rings. The fraction of sp³-hybridized carbons (Fsp3) is 0.400. The third kappa shape index (κ3) is 8.14. The smallest absolute Gasteiger partial charge is 0.397 e. The molecule has 0 radical (unpaired) electrons. The number of nitrogens with zero attached hydrogens (tertiary/aromatic N) is 4. The molecule has 232 valence electrons. The van der Waals surface area contributed by atoms with E-state index >= 15 is 0 Å². The Morgan fingerprint density at radius 2 is 1.91 bits per heavy atom. The van der Waals surface area contributed by atoms with Crippen LogP contribution in [0.4, 0.5) is 24.5 Å². The molecule has 4 rings (SSSR count). The van der Waals surface area contributed by atoms with Crippen molar-refractivity contribution in [1.82, 2.24) is 25.4 Å². The molecule has 13 heteroatoms. The highest BCUT2D eigenvalue weighted by Crippen LogP contribution is 2.34. The molecule has 0 spiro atoms. The minimum Gasteiger partial charge on any atom is -0.397 e. The van der Waals surface area contributed by atoms with Crippen LogP contribution in [-0.2, 0) is 24.5 Å². The van der Waals surface area contributed by atoms with Crippen molar-refractivity contribution in [2.24, 2.45) is 12.8 Å². The molecule has 0 aliphatic carbocycles. The monoisotopic (exact) mass is 600 g/mol. The number of rotatable bonds is 11. The minimum atomic E-state index is -4.58. The van der Waals surface area contributed by atoms with Crippen LogP contribution in [0.2, 0.25) is 0 Å². The summed E-state index contributed by atoms with van der Waals surface area (Å²) in [6, 6.07) is 8.90. The molecule has 0 saturated carbocycles. The zero-order valence-corrected chi connectivity index (χ0v) is 24.9. The standard InChI is InChI=1S/C30H39F3N8O2/c1-20-5-6-22(15-28(20)41(35-3)19-27(34)25-18-37-39(4)21(25)2)29(42)38-24-8-7-23(26(16-24)30(31,32)33)17-36-9-10-40-11-13-43-14-12-40/h5-8,15-16,18-19,35-36H,9-14,17,34H2,1-4H3,(H,38,42)/b27-19-. The summed E-state index contributed by atoms with van der Waals surface area (Å²) in [6.07, 6.45) is -1.21. The van der Waals surface area contributed by atoms with Crippen LogP contribution in [0, 0.1) is 13.8 Å². The first-order valence-electron chi connectivity index (χ1n) is 14.0. The molecule has 0 bridgehead atoms. The molecular formula is C30H39F3N8O2. The van der Waals surface area contributed by atoms with Crippen LogP contribution in [0.15, 0.2) is 48.8 Å². The number of hydrogen-bond acceptors (Lipinski definition) is 8. The summed E-state index contributed by atoms with van der Waals surface area (Å²) in [7, 11) is 3.54. The average Bonchev–Trinajstić information content (AvgIpc) is 3.32. The van der Waals surface area contributed by atoms with Gasteiger partial charge in [-0.05, 0) is 49.2 Å². The van der Waals surface area contributed by atoms with Crippen molar-refractivity contribution in [2.45, 2.75) is 26.6 Å². The van der Waals surface area contributed by atoms with Crippen LogP contribution in [0.1, 0.15) is 38.3 Å². The predicted octanol–water partition coefficient (Wildman–Crippen LogP) is 3.63. The number of benzene rings is 2. The predicted molar refractivity (Wildman–Crippen MR) is 161 cm³/mol. The van der Waals surface area contributed by atoms with Crippen LogP contribution in [0.5, 0.6) is 0 Å². The van der Waals surface area contributed by atoms with Gasteiger partial charge in [0, 0.05) is 75.5 Å². The van der Waals surface area contributed by atoms with Gasteiger partial charge in [0.2, 0.25) is 0 Å². The number of amides is 1. The fourth-order valence-corrected chi connectivity index (χ4v) is 4.82. The highest BCUT2D eigenvalue weighted by Gasteiger charge is 2.33. The van der Waals surface area contributed by atoms with E-state index in [0.29, 0.717) is 31.1 Å². The largest absolute Gasteiger partial charge is 0.416 e. The summed E-state index contributed by atoms with van der Waals surface area (Å²) in [5.41, 5.74) is 12.7. The van der Waals surface area contributed by atoms with Crippen molar-refractivity contribution in [3.05, 3.63) is 82.3 Å². The summed E-state index contributed by atoms with van der Waals surface area (Å²) < 4.78 is 49.0. The SMILES string of the molecule is CNN(/C=C(\N)c1cnn(C)c1C)c1cc(C(=O)Nc2ccc(CNCCN3CCOCC3)c(C(F)(F)F)c2)ccc1C. The van der Waals surface area contributed by atoms with Gasteiger partial charge in [-0.2, -0.15) is 18.3 Å². The Bertz CT molecular complexity index is 1450. The van der Waals surface area contributed by atoms with Gasteiger partial charge in [0.15, 0.2) is 0 Å². The van der Waals surface area contributed by atoms with Gasteiger partial charge in [-0.1, -0.05) is 12.1 Å². The van der Waals surface area contributed by atoms with Crippen molar-refractivity contribution in [3.8, 4) is 0 Å². The highest BCUT2D eigenvalue weighted by molar-refractivity contribution is 6.05. The number of aryl methyl sites for hydroxylation is 2.